The van der Waals surface area contributed by atoms with Crippen LogP contribution < -0.4 is 15.4 Å². The van der Waals surface area contributed by atoms with E-state index in [1.807, 2.05) is 0 Å². The van der Waals surface area contributed by atoms with Gasteiger partial charge in [0.05, 0.1) is 12.8 Å². The van der Waals surface area contributed by atoms with E-state index in [4.69, 9.17) is 4.74 Å². The zero-order valence-electron chi connectivity index (χ0n) is 11.0. The Morgan fingerprint density at radius 2 is 1.85 bits per heavy atom. The SMILES string of the molecule is COc1ccccc1NC(=O)NCc1ccccc1F. The molecule has 0 radical (unpaired) electrons. The Hall–Kier alpha value is -2.56. The maximum Gasteiger partial charge on any atom is 0.319 e. The van der Waals surface area contributed by atoms with E-state index in [0.29, 0.717) is 17.0 Å². The van der Waals surface area contributed by atoms with Crippen molar-refractivity contribution < 1.29 is 13.9 Å². The highest BCUT2D eigenvalue weighted by Gasteiger charge is 2.07. The maximum absolute atomic E-state index is 13.4. The minimum atomic E-state index is -0.419. The number of nitrogens with one attached hydrogen (secondary N) is 2. The molecule has 104 valence electrons. The van der Waals surface area contributed by atoms with Crippen molar-refractivity contribution in [2.24, 2.45) is 0 Å². The van der Waals surface area contributed by atoms with E-state index in [2.05, 4.69) is 10.6 Å². The normalized spacial score (nSPS) is 9.90. The molecule has 0 aliphatic carbocycles. The number of benzene rings is 2. The maximum atomic E-state index is 13.4. The fraction of sp³-hybridized carbons (Fsp3) is 0.133. The average Bonchev–Trinajstić information content (AvgIpc) is 2.47. The molecule has 0 aliphatic heterocycles. The fourth-order valence-electron chi connectivity index (χ4n) is 1.73. The highest BCUT2D eigenvalue weighted by Crippen LogP contribution is 2.22. The third-order valence-electron chi connectivity index (χ3n) is 2.75. The Labute approximate surface area is 116 Å². The summed E-state index contributed by atoms with van der Waals surface area (Å²) in [6.07, 6.45) is 0. The van der Waals surface area contributed by atoms with Crippen LogP contribution in [0.2, 0.25) is 0 Å². The zero-order chi connectivity index (χ0) is 14.4. The Bertz CT molecular complexity index is 602. The van der Waals surface area contributed by atoms with Crippen LogP contribution in [0.3, 0.4) is 0 Å². The van der Waals surface area contributed by atoms with Crippen LogP contribution in [0.1, 0.15) is 5.56 Å². The van der Waals surface area contributed by atoms with Gasteiger partial charge in [-0.15, -0.1) is 0 Å². The first-order chi connectivity index (χ1) is 9.70. The van der Waals surface area contributed by atoms with Crippen LogP contribution in [0.15, 0.2) is 48.5 Å². The van der Waals surface area contributed by atoms with Gasteiger partial charge in [0.1, 0.15) is 11.6 Å². The van der Waals surface area contributed by atoms with Gasteiger partial charge in [-0.1, -0.05) is 30.3 Å². The number of para-hydroxylation sites is 2. The van der Waals surface area contributed by atoms with Gasteiger partial charge in [0.15, 0.2) is 0 Å². The fourth-order valence-corrected chi connectivity index (χ4v) is 1.73. The number of hydrogen-bond acceptors (Lipinski definition) is 2. The number of urea groups is 1. The first-order valence-electron chi connectivity index (χ1n) is 6.12. The monoisotopic (exact) mass is 274 g/mol. The molecule has 0 unspecified atom stereocenters. The van der Waals surface area contributed by atoms with Gasteiger partial charge in [-0.05, 0) is 18.2 Å². The van der Waals surface area contributed by atoms with Crippen molar-refractivity contribution in [1.29, 1.82) is 0 Å². The minimum Gasteiger partial charge on any atom is -0.495 e. The van der Waals surface area contributed by atoms with E-state index in [-0.39, 0.29) is 12.4 Å². The summed E-state index contributed by atoms with van der Waals surface area (Å²) in [6, 6.07) is 12.9. The zero-order valence-corrected chi connectivity index (χ0v) is 11.0. The van der Waals surface area contributed by atoms with Gasteiger partial charge in [0.25, 0.3) is 0 Å². The summed E-state index contributed by atoms with van der Waals surface area (Å²) >= 11 is 0. The molecule has 2 N–H and O–H groups in total. The van der Waals surface area contributed by atoms with Crippen molar-refractivity contribution >= 4 is 11.7 Å². The number of halogens is 1. The van der Waals surface area contributed by atoms with Crippen molar-refractivity contribution in [2.75, 3.05) is 12.4 Å². The molecule has 0 fully saturated rings. The van der Waals surface area contributed by atoms with E-state index in [0.717, 1.165) is 0 Å². The summed E-state index contributed by atoms with van der Waals surface area (Å²) in [5.41, 5.74) is 0.990. The Balaban J connectivity index is 1.95. The van der Waals surface area contributed by atoms with Gasteiger partial charge in [-0.2, -0.15) is 0 Å². The van der Waals surface area contributed by atoms with Gasteiger partial charge in [-0.25, -0.2) is 9.18 Å². The molecule has 0 saturated carbocycles. The van der Waals surface area contributed by atoms with Crippen molar-refractivity contribution in [3.63, 3.8) is 0 Å². The number of anilines is 1. The second kappa shape index (κ2) is 6.56. The first kappa shape index (κ1) is 13.9. The molecule has 2 rings (SSSR count). The predicted molar refractivity (Wildman–Crippen MR) is 75.3 cm³/mol. The lowest BCUT2D eigenvalue weighted by Crippen LogP contribution is -2.28. The third-order valence-corrected chi connectivity index (χ3v) is 2.75. The molecule has 5 heteroatoms. The molecule has 0 saturated heterocycles. The second-order valence-electron chi connectivity index (χ2n) is 4.10. The highest BCUT2D eigenvalue weighted by molar-refractivity contribution is 5.90. The smallest absolute Gasteiger partial charge is 0.319 e. The summed E-state index contributed by atoms with van der Waals surface area (Å²) in [5, 5.41) is 5.25. The largest absolute Gasteiger partial charge is 0.495 e. The number of carbonyl (C=O) groups is 1. The lowest BCUT2D eigenvalue weighted by molar-refractivity contribution is 0.251. The summed E-state index contributed by atoms with van der Waals surface area (Å²) in [6.45, 7) is 0.119. The van der Waals surface area contributed by atoms with Gasteiger partial charge < -0.3 is 15.4 Å². The molecule has 4 nitrogen and oxygen atoms in total. The molecule has 0 aliphatic rings. The number of methoxy groups -OCH3 is 1. The Morgan fingerprint density at radius 1 is 1.15 bits per heavy atom. The van der Waals surface area contributed by atoms with E-state index in [1.165, 1.54) is 13.2 Å². The standard InChI is InChI=1S/C15H15FN2O2/c1-20-14-9-5-4-8-13(14)18-15(19)17-10-11-6-2-3-7-12(11)16/h2-9H,10H2,1H3,(H2,17,18,19). The van der Waals surface area contributed by atoms with E-state index < -0.39 is 6.03 Å². The first-order valence-corrected chi connectivity index (χ1v) is 6.12. The Kier molecular flexibility index (Phi) is 4.55. The third kappa shape index (κ3) is 3.47. The van der Waals surface area contributed by atoms with Crippen LogP contribution in [-0.2, 0) is 6.54 Å². The lowest BCUT2D eigenvalue weighted by atomic mass is 10.2. The van der Waals surface area contributed by atoms with Crippen molar-refractivity contribution in [1.82, 2.24) is 5.32 Å². The molecule has 0 aromatic heterocycles. The summed E-state index contributed by atoms with van der Waals surface area (Å²) < 4.78 is 18.5. The van der Waals surface area contributed by atoms with Gasteiger partial charge in [-0.3, -0.25) is 0 Å². The molecule has 2 aromatic carbocycles. The van der Waals surface area contributed by atoms with Crippen molar-refractivity contribution in [2.45, 2.75) is 6.54 Å². The number of amides is 2. The minimum absolute atomic E-state index is 0.119. The van der Waals surface area contributed by atoms with Crippen LogP contribution in [0, 0.1) is 5.82 Å². The molecular formula is C15H15FN2O2. The number of rotatable bonds is 4. The molecule has 2 aromatic rings. The van der Waals surface area contributed by atoms with E-state index in [1.54, 1.807) is 42.5 Å². The van der Waals surface area contributed by atoms with Gasteiger partial charge >= 0.3 is 6.03 Å². The van der Waals surface area contributed by atoms with E-state index in [9.17, 15) is 9.18 Å². The van der Waals surface area contributed by atoms with Gasteiger partial charge in [0.2, 0.25) is 0 Å². The Morgan fingerprint density at radius 3 is 2.60 bits per heavy atom. The second-order valence-corrected chi connectivity index (χ2v) is 4.10. The van der Waals surface area contributed by atoms with Crippen molar-refractivity contribution in [3.05, 3.63) is 59.9 Å². The average molecular weight is 274 g/mol. The summed E-state index contributed by atoms with van der Waals surface area (Å²) in [5.74, 6) is 0.221. The number of carbonyl (C=O) groups excluding carboxylic acids is 1. The van der Waals surface area contributed by atoms with Crippen LogP contribution in [0.4, 0.5) is 14.9 Å². The highest BCUT2D eigenvalue weighted by atomic mass is 19.1. The molecule has 0 bridgehead atoms. The lowest BCUT2D eigenvalue weighted by Gasteiger charge is -2.11. The van der Waals surface area contributed by atoms with Gasteiger partial charge in [0, 0.05) is 12.1 Å². The van der Waals surface area contributed by atoms with E-state index >= 15 is 0 Å². The number of ether oxygens (including phenoxy) is 1. The predicted octanol–water partition coefficient (Wildman–Crippen LogP) is 3.16. The summed E-state index contributed by atoms with van der Waals surface area (Å²) in [7, 11) is 1.53. The molecular weight excluding hydrogens is 259 g/mol. The summed E-state index contributed by atoms with van der Waals surface area (Å²) in [4.78, 5) is 11.8. The van der Waals surface area contributed by atoms with Crippen LogP contribution in [0.5, 0.6) is 5.75 Å². The van der Waals surface area contributed by atoms with Crippen molar-refractivity contribution in [3.8, 4) is 5.75 Å². The molecule has 0 heterocycles. The van der Waals surface area contributed by atoms with Crippen LogP contribution >= 0.6 is 0 Å². The van der Waals surface area contributed by atoms with Crippen LogP contribution in [0.25, 0.3) is 0 Å². The topological polar surface area (TPSA) is 50.4 Å². The van der Waals surface area contributed by atoms with Crippen LogP contribution in [-0.4, -0.2) is 13.1 Å². The molecule has 20 heavy (non-hydrogen) atoms. The molecule has 0 atom stereocenters. The number of hydrogen-bond donors (Lipinski definition) is 2. The molecule has 0 spiro atoms. The molecule has 2 amide bonds. The quantitative estimate of drug-likeness (QED) is 0.899.